The molecule has 6 nitrogen and oxygen atoms in total. The Balaban J connectivity index is 2.08. The maximum absolute atomic E-state index is 11.5. The molecule has 0 aliphatic carbocycles. The fourth-order valence-electron chi connectivity index (χ4n) is 1.91. The summed E-state index contributed by atoms with van der Waals surface area (Å²) in [7, 11) is 3.26. The van der Waals surface area contributed by atoms with Gasteiger partial charge >= 0.3 is 5.97 Å². The summed E-state index contributed by atoms with van der Waals surface area (Å²) in [5, 5.41) is 0. The summed E-state index contributed by atoms with van der Waals surface area (Å²) >= 11 is 0. The number of benzene rings is 1. The predicted octanol–water partition coefficient (Wildman–Crippen LogP) is 1.75. The van der Waals surface area contributed by atoms with Crippen LogP contribution in [-0.4, -0.2) is 32.6 Å². The number of carbonyl (C=O) groups excluding carboxylic acids is 1. The highest BCUT2D eigenvalue weighted by Crippen LogP contribution is 2.20. The van der Waals surface area contributed by atoms with Crippen molar-refractivity contribution in [2.45, 2.75) is 0 Å². The molecule has 0 radical (unpaired) electrons. The fourth-order valence-corrected chi connectivity index (χ4v) is 1.91. The van der Waals surface area contributed by atoms with Crippen LogP contribution in [0.2, 0.25) is 0 Å². The molecular weight excluding hydrogens is 244 g/mol. The van der Waals surface area contributed by atoms with E-state index in [-0.39, 0.29) is 5.97 Å². The number of carbonyl (C=O) groups is 1. The molecular formula is C13H12N4O2. The molecule has 0 aliphatic rings. The highest BCUT2D eigenvalue weighted by atomic mass is 16.5. The number of aryl methyl sites for hydroxylation is 1. The average molecular weight is 256 g/mol. The molecule has 6 heteroatoms. The van der Waals surface area contributed by atoms with E-state index in [1.807, 2.05) is 17.8 Å². The summed E-state index contributed by atoms with van der Waals surface area (Å²) in [5.74, 6) is 0.313. The van der Waals surface area contributed by atoms with Crippen LogP contribution in [0.1, 0.15) is 10.4 Å². The number of ether oxygens (including phenoxy) is 1. The van der Waals surface area contributed by atoms with E-state index in [0.717, 1.165) is 16.7 Å². The van der Waals surface area contributed by atoms with Crippen molar-refractivity contribution in [3.8, 4) is 11.5 Å². The van der Waals surface area contributed by atoms with E-state index in [1.165, 1.54) is 7.11 Å². The standard InChI is InChI=1S/C13H12N4O2/c1-17-6-11(14-7-17)12-15-9-4-3-8(13(18)19-2)5-10(9)16-12/h3-7H,1-2H3,(H,15,16). The van der Waals surface area contributed by atoms with Gasteiger partial charge < -0.3 is 14.3 Å². The molecule has 3 aromatic rings. The Kier molecular flexibility index (Phi) is 2.56. The number of nitrogens with zero attached hydrogens (tertiary/aromatic N) is 3. The molecule has 3 rings (SSSR count). The van der Waals surface area contributed by atoms with Crippen molar-refractivity contribution < 1.29 is 9.53 Å². The summed E-state index contributed by atoms with van der Waals surface area (Å²) in [5.41, 5.74) is 2.82. The molecule has 0 fully saturated rings. The number of imidazole rings is 2. The zero-order valence-corrected chi connectivity index (χ0v) is 10.5. The van der Waals surface area contributed by atoms with Crippen LogP contribution < -0.4 is 0 Å². The zero-order valence-electron chi connectivity index (χ0n) is 10.5. The molecule has 0 saturated carbocycles. The second-order valence-electron chi connectivity index (χ2n) is 4.23. The number of aromatic nitrogens is 4. The molecule has 0 spiro atoms. The number of methoxy groups -OCH3 is 1. The van der Waals surface area contributed by atoms with Crippen LogP contribution in [0.4, 0.5) is 0 Å². The van der Waals surface area contributed by atoms with Crippen molar-refractivity contribution in [1.82, 2.24) is 19.5 Å². The number of nitrogens with one attached hydrogen (secondary N) is 1. The zero-order chi connectivity index (χ0) is 13.4. The quantitative estimate of drug-likeness (QED) is 0.709. The van der Waals surface area contributed by atoms with Crippen molar-refractivity contribution in [2.75, 3.05) is 7.11 Å². The molecule has 0 bridgehead atoms. The van der Waals surface area contributed by atoms with Crippen LogP contribution in [0.15, 0.2) is 30.7 Å². The Morgan fingerprint density at radius 2 is 2.26 bits per heavy atom. The lowest BCUT2D eigenvalue weighted by atomic mass is 10.2. The maximum atomic E-state index is 11.5. The Morgan fingerprint density at radius 3 is 2.95 bits per heavy atom. The summed E-state index contributed by atoms with van der Waals surface area (Å²) in [6.07, 6.45) is 3.58. The number of fused-ring (bicyclic) bond motifs is 1. The number of aromatic amines is 1. The molecule has 0 aliphatic heterocycles. The summed E-state index contributed by atoms with van der Waals surface area (Å²) < 4.78 is 6.54. The molecule has 2 heterocycles. The van der Waals surface area contributed by atoms with Gasteiger partial charge in [0, 0.05) is 13.2 Å². The molecule has 1 aromatic carbocycles. The molecule has 1 N–H and O–H groups in total. The van der Waals surface area contributed by atoms with Gasteiger partial charge in [0.15, 0.2) is 5.82 Å². The van der Waals surface area contributed by atoms with Gasteiger partial charge in [0.05, 0.1) is 30.0 Å². The first-order valence-electron chi connectivity index (χ1n) is 5.74. The second kappa shape index (κ2) is 4.24. The van der Waals surface area contributed by atoms with E-state index in [1.54, 1.807) is 24.5 Å². The molecule has 19 heavy (non-hydrogen) atoms. The lowest BCUT2D eigenvalue weighted by molar-refractivity contribution is 0.0601. The normalized spacial score (nSPS) is 10.8. The number of rotatable bonds is 2. The van der Waals surface area contributed by atoms with Crippen LogP contribution in [0.5, 0.6) is 0 Å². The van der Waals surface area contributed by atoms with Gasteiger partial charge in [-0.05, 0) is 18.2 Å². The summed E-state index contributed by atoms with van der Waals surface area (Å²) in [4.78, 5) is 23.3. The SMILES string of the molecule is COC(=O)c1ccc2nc(-c3cn(C)cn3)[nH]c2c1. The van der Waals surface area contributed by atoms with E-state index in [0.29, 0.717) is 11.4 Å². The van der Waals surface area contributed by atoms with E-state index >= 15 is 0 Å². The highest BCUT2D eigenvalue weighted by Gasteiger charge is 2.11. The maximum Gasteiger partial charge on any atom is 0.337 e. The first-order chi connectivity index (χ1) is 9.17. The molecule has 0 atom stereocenters. The third-order valence-corrected chi connectivity index (χ3v) is 2.85. The van der Waals surface area contributed by atoms with Crippen molar-refractivity contribution in [3.05, 3.63) is 36.3 Å². The average Bonchev–Trinajstić information content (AvgIpc) is 3.02. The number of hydrogen-bond donors (Lipinski definition) is 1. The topological polar surface area (TPSA) is 72.8 Å². The third kappa shape index (κ3) is 1.97. The Labute approximate surface area is 109 Å². The van der Waals surface area contributed by atoms with Gasteiger partial charge in [-0.2, -0.15) is 0 Å². The van der Waals surface area contributed by atoms with Crippen LogP contribution in [0.3, 0.4) is 0 Å². The number of hydrogen-bond acceptors (Lipinski definition) is 4. The van der Waals surface area contributed by atoms with Crippen LogP contribution >= 0.6 is 0 Å². The van der Waals surface area contributed by atoms with E-state index < -0.39 is 0 Å². The number of H-pyrrole nitrogens is 1. The van der Waals surface area contributed by atoms with Gasteiger partial charge in [0.25, 0.3) is 0 Å². The Bertz CT molecular complexity index is 757. The van der Waals surface area contributed by atoms with E-state index in [9.17, 15) is 4.79 Å². The molecule has 96 valence electrons. The van der Waals surface area contributed by atoms with Gasteiger partial charge in [-0.25, -0.2) is 14.8 Å². The first-order valence-corrected chi connectivity index (χ1v) is 5.74. The minimum absolute atomic E-state index is 0.365. The fraction of sp³-hybridized carbons (Fsp3) is 0.154. The minimum atomic E-state index is -0.365. The van der Waals surface area contributed by atoms with Gasteiger partial charge in [0.1, 0.15) is 5.69 Å². The lowest BCUT2D eigenvalue weighted by Crippen LogP contribution is -2.00. The second-order valence-corrected chi connectivity index (χ2v) is 4.23. The molecule has 0 unspecified atom stereocenters. The van der Waals surface area contributed by atoms with Gasteiger partial charge in [0.2, 0.25) is 0 Å². The minimum Gasteiger partial charge on any atom is -0.465 e. The smallest absolute Gasteiger partial charge is 0.337 e. The van der Waals surface area contributed by atoms with Crippen molar-refractivity contribution in [1.29, 1.82) is 0 Å². The highest BCUT2D eigenvalue weighted by molar-refractivity contribution is 5.94. The summed E-state index contributed by atoms with van der Waals surface area (Å²) in [6, 6.07) is 5.20. The Hall–Kier alpha value is -2.63. The van der Waals surface area contributed by atoms with Crippen LogP contribution in [0, 0.1) is 0 Å². The van der Waals surface area contributed by atoms with Crippen molar-refractivity contribution >= 4 is 17.0 Å². The van der Waals surface area contributed by atoms with Gasteiger partial charge in [-0.1, -0.05) is 0 Å². The molecule has 0 amide bonds. The van der Waals surface area contributed by atoms with Crippen molar-refractivity contribution in [2.24, 2.45) is 7.05 Å². The monoisotopic (exact) mass is 256 g/mol. The largest absolute Gasteiger partial charge is 0.465 e. The van der Waals surface area contributed by atoms with Crippen LogP contribution in [-0.2, 0) is 11.8 Å². The first kappa shape index (κ1) is 11.5. The van der Waals surface area contributed by atoms with Gasteiger partial charge in [-0.3, -0.25) is 0 Å². The number of esters is 1. The van der Waals surface area contributed by atoms with Crippen LogP contribution in [0.25, 0.3) is 22.6 Å². The predicted molar refractivity (Wildman–Crippen MR) is 69.6 cm³/mol. The van der Waals surface area contributed by atoms with E-state index in [4.69, 9.17) is 4.74 Å². The Morgan fingerprint density at radius 1 is 1.42 bits per heavy atom. The molecule has 0 saturated heterocycles. The molecule has 2 aromatic heterocycles. The van der Waals surface area contributed by atoms with Gasteiger partial charge in [-0.15, -0.1) is 0 Å². The van der Waals surface area contributed by atoms with Crippen molar-refractivity contribution in [3.63, 3.8) is 0 Å². The summed E-state index contributed by atoms with van der Waals surface area (Å²) in [6.45, 7) is 0. The lowest BCUT2D eigenvalue weighted by Gasteiger charge is -1.97. The third-order valence-electron chi connectivity index (χ3n) is 2.85. The van der Waals surface area contributed by atoms with E-state index in [2.05, 4.69) is 15.0 Å².